The Morgan fingerprint density at radius 3 is 2.30 bits per heavy atom. The van der Waals surface area contributed by atoms with Crippen LogP contribution in [-0.2, 0) is 13.8 Å². The SMILES string of the molecule is CCOC(=O)n1ccc(=P(O)(OCC)OCC)c(C)c1. The molecular formula is C13H22NO5P. The van der Waals surface area contributed by atoms with Crippen LogP contribution in [0.25, 0.3) is 0 Å². The van der Waals surface area contributed by atoms with Gasteiger partial charge in [-0.25, -0.2) is 4.79 Å². The van der Waals surface area contributed by atoms with E-state index in [1.165, 1.54) is 10.8 Å². The highest BCUT2D eigenvalue weighted by atomic mass is 31.2. The minimum Gasteiger partial charge on any atom is -0.449 e. The molecule has 0 radical (unpaired) electrons. The third kappa shape index (κ3) is 3.96. The fourth-order valence-electron chi connectivity index (χ4n) is 1.76. The van der Waals surface area contributed by atoms with Gasteiger partial charge in [0.25, 0.3) is 7.57 Å². The topological polar surface area (TPSA) is 69.9 Å². The molecule has 0 amide bonds. The van der Waals surface area contributed by atoms with E-state index in [1.807, 2.05) is 0 Å². The Hall–Kier alpha value is -1.07. The van der Waals surface area contributed by atoms with Crippen LogP contribution < -0.4 is 0 Å². The average molecular weight is 303 g/mol. The van der Waals surface area contributed by atoms with E-state index < -0.39 is 13.7 Å². The molecular weight excluding hydrogens is 281 g/mol. The van der Waals surface area contributed by atoms with Crippen molar-refractivity contribution in [2.75, 3.05) is 19.8 Å². The quantitative estimate of drug-likeness (QED) is 0.846. The summed E-state index contributed by atoms with van der Waals surface area (Å²) >= 11 is 0. The lowest BCUT2D eigenvalue weighted by molar-refractivity contribution is 0.153. The molecule has 7 heteroatoms. The molecule has 0 aromatic carbocycles. The fourth-order valence-corrected chi connectivity index (χ4v) is 3.57. The van der Waals surface area contributed by atoms with E-state index >= 15 is 0 Å². The van der Waals surface area contributed by atoms with E-state index in [-0.39, 0.29) is 0 Å². The van der Waals surface area contributed by atoms with Crippen molar-refractivity contribution >= 4 is 13.7 Å². The normalized spacial score (nSPS) is 11.4. The lowest BCUT2D eigenvalue weighted by Gasteiger charge is -2.19. The molecule has 0 fully saturated rings. The van der Waals surface area contributed by atoms with Crippen LogP contribution in [0, 0.1) is 11.9 Å². The summed E-state index contributed by atoms with van der Waals surface area (Å²) in [5, 5.41) is 0. The Labute approximate surface area is 119 Å². The van der Waals surface area contributed by atoms with Gasteiger partial charge in [-0.3, -0.25) is 4.57 Å². The number of hydrogen-bond donors (Lipinski definition) is 1. The molecule has 1 aromatic rings. The molecule has 0 aliphatic heterocycles. The number of aryl methyl sites for hydroxylation is 1. The summed E-state index contributed by atoms with van der Waals surface area (Å²) < 4.78 is 17.0. The molecule has 0 aliphatic rings. The van der Waals surface area contributed by atoms with Gasteiger partial charge >= 0.3 is 6.09 Å². The Bertz CT molecular complexity index is 542. The molecule has 6 nitrogen and oxygen atoms in total. The molecule has 0 unspecified atom stereocenters. The maximum absolute atomic E-state index is 11.6. The summed E-state index contributed by atoms with van der Waals surface area (Å²) in [5.41, 5.74) is 0.707. The Morgan fingerprint density at radius 1 is 1.25 bits per heavy atom. The molecule has 1 N–H and O–H groups in total. The van der Waals surface area contributed by atoms with Gasteiger partial charge in [-0.05, 0) is 39.3 Å². The first-order valence-electron chi connectivity index (χ1n) is 6.59. The van der Waals surface area contributed by atoms with E-state index in [0.717, 1.165) is 0 Å². The Morgan fingerprint density at radius 2 is 1.85 bits per heavy atom. The molecule has 114 valence electrons. The van der Waals surface area contributed by atoms with Crippen LogP contribution in [0.4, 0.5) is 4.79 Å². The second kappa shape index (κ2) is 7.64. The lowest BCUT2D eigenvalue weighted by atomic mass is 10.3. The number of rotatable bonds is 5. The number of ether oxygens (including phenoxy) is 1. The van der Waals surface area contributed by atoms with Crippen LogP contribution in [0.1, 0.15) is 26.3 Å². The van der Waals surface area contributed by atoms with Gasteiger partial charge in [0.1, 0.15) is 0 Å². The second-order valence-electron chi connectivity index (χ2n) is 3.98. The van der Waals surface area contributed by atoms with Crippen LogP contribution in [0.3, 0.4) is 0 Å². The molecule has 0 saturated heterocycles. The monoisotopic (exact) mass is 303 g/mol. The number of carbonyl (C=O) groups excluding carboxylic acids is 1. The van der Waals surface area contributed by atoms with Gasteiger partial charge in [-0.15, -0.1) is 0 Å². The summed E-state index contributed by atoms with van der Waals surface area (Å²) in [4.78, 5) is 22.7. The second-order valence-corrected chi connectivity index (χ2v) is 6.01. The van der Waals surface area contributed by atoms with Crippen molar-refractivity contribution in [2.24, 2.45) is 0 Å². The van der Waals surface area contributed by atoms with E-state index in [1.54, 1.807) is 40.0 Å². The first-order chi connectivity index (χ1) is 9.48. The highest BCUT2D eigenvalue weighted by Gasteiger charge is 2.17. The van der Waals surface area contributed by atoms with Gasteiger partial charge in [0.2, 0.25) is 0 Å². The molecule has 0 saturated carbocycles. The zero-order valence-corrected chi connectivity index (χ0v) is 13.2. The smallest absolute Gasteiger partial charge is 0.417 e. The van der Waals surface area contributed by atoms with Gasteiger partial charge in [0.15, 0.2) is 0 Å². The van der Waals surface area contributed by atoms with Gasteiger partial charge < -0.3 is 18.7 Å². The minimum absolute atomic E-state index is 0.307. The number of nitrogens with zero attached hydrogens (tertiary/aromatic N) is 1. The zero-order valence-electron chi connectivity index (χ0n) is 12.3. The number of pyridine rings is 1. The van der Waals surface area contributed by atoms with Crippen LogP contribution >= 0.6 is 7.57 Å². The van der Waals surface area contributed by atoms with Crippen molar-refractivity contribution in [3.63, 3.8) is 0 Å². The summed E-state index contributed by atoms with van der Waals surface area (Å²) in [5.74, 6) is 0. The van der Waals surface area contributed by atoms with Crippen molar-refractivity contribution in [1.29, 1.82) is 0 Å². The summed E-state index contributed by atoms with van der Waals surface area (Å²) in [6.07, 6.45) is 2.66. The standard InChI is InChI=1S/C13H22NO5P/c1-5-17-13(15)14-9-8-12(11(4)10-14)20(16,18-6-2)19-7-3/h8-10,16H,5-7H2,1-4H3. The maximum atomic E-state index is 11.6. The third-order valence-electron chi connectivity index (χ3n) is 2.52. The van der Waals surface area contributed by atoms with Crippen molar-refractivity contribution in [1.82, 2.24) is 4.57 Å². The lowest BCUT2D eigenvalue weighted by Crippen LogP contribution is -2.13. The number of aromatic nitrogens is 1. The molecule has 0 aliphatic carbocycles. The Balaban J connectivity index is 3.35. The van der Waals surface area contributed by atoms with Gasteiger partial charge in [-0.2, -0.15) is 0 Å². The first kappa shape index (κ1) is 17.0. The van der Waals surface area contributed by atoms with Gasteiger partial charge in [0.05, 0.1) is 24.8 Å². The molecule has 20 heavy (non-hydrogen) atoms. The van der Waals surface area contributed by atoms with E-state index in [2.05, 4.69) is 0 Å². The van der Waals surface area contributed by atoms with Crippen molar-refractivity contribution < 1.29 is 23.5 Å². The fraction of sp³-hybridized carbons (Fsp3) is 0.538. The molecule has 0 bridgehead atoms. The van der Waals surface area contributed by atoms with E-state index in [9.17, 15) is 9.69 Å². The van der Waals surface area contributed by atoms with Crippen LogP contribution in [0.15, 0.2) is 18.5 Å². The molecule has 0 spiro atoms. The van der Waals surface area contributed by atoms with Crippen LogP contribution in [0.2, 0.25) is 0 Å². The average Bonchev–Trinajstić information content (AvgIpc) is 2.39. The largest absolute Gasteiger partial charge is 0.449 e. The molecule has 0 atom stereocenters. The molecule has 1 rings (SSSR count). The highest BCUT2D eigenvalue weighted by Crippen LogP contribution is 2.49. The zero-order chi connectivity index (χ0) is 15.2. The van der Waals surface area contributed by atoms with Crippen molar-refractivity contribution in [3.05, 3.63) is 29.0 Å². The number of hydrogen-bond acceptors (Lipinski definition) is 5. The summed E-state index contributed by atoms with van der Waals surface area (Å²) in [7, 11) is -3.09. The van der Waals surface area contributed by atoms with Crippen molar-refractivity contribution in [2.45, 2.75) is 27.7 Å². The predicted octanol–water partition coefficient (Wildman–Crippen LogP) is 3.16. The third-order valence-corrected chi connectivity index (χ3v) is 4.85. The minimum atomic E-state index is -3.09. The van der Waals surface area contributed by atoms with Gasteiger partial charge in [0, 0.05) is 12.4 Å². The maximum Gasteiger partial charge on any atom is 0.417 e. The van der Waals surface area contributed by atoms with Crippen LogP contribution in [-0.4, -0.2) is 35.4 Å². The molecule has 1 aromatic heterocycles. The van der Waals surface area contributed by atoms with E-state index in [4.69, 9.17) is 13.8 Å². The first-order valence-corrected chi connectivity index (χ1v) is 8.16. The van der Waals surface area contributed by atoms with Crippen molar-refractivity contribution in [3.8, 4) is 0 Å². The van der Waals surface area contributed by atoms with Crippen LogP contribution in [0.5, 0.6) is 0 Å². The summed E-state index contributed by atoms with van der Waals surface area (Å²) in [6.45, 7) is 8.11. The summed E-state index contributed by atoms with van der Waals surface area (Å²) in [6, 6.07) is 1.63. The Kier molecular flexibility index (Phi) is 6.49. The number of carbonyl (C=O) groups is 1. The van der Waals surface area contributed by atoms with Gasteiger partial charge in [-0.1, -0.05) is 0 Å². The highest BCUT2D eigenvalue weighted by molar-refractivity contribution is 7.52. The molecule has 1 heterocycles. The predicted molar refractivity (Wildman–Crippen MR) is 77.2 cm³/mol. The van der Waals surface area contributed by atoms with E-state index in [0.29, 0.717) is 30.3 Å².